The summed E-state index contributed by atoms with van der Waals surface area (Å²) in [6.45, 7) is 2.61. The number of hydrogen-bond acceptors (Lipinski definition) is 2. The minimum atomic E-state index is -0.453. The zero-order chi connectivity index (χ0) is 7.11. The number of hydroxylamine groups is 1. The molecule has 0 bridgehead atoms. The van der Waals surface area contributed by atoms with Gasteiger partial charge in [0.05, 0.1) is 6.61 Å². The van der Waals surface area contributed by atoms with Crippen LogP contribution in [0.15, 0.2) is 0 Å². The maximum absolute atomic E-state index is 10.0. The van der Waals surface area contributed by atoms with E-state index >= 15 is 0 Å². The van der Waals surface area contributed by atoms with E-state index in [1.54, 1.807) is 0 Å². The Bertz CT molecular complexity index is 87.0. The Morgan fingerprint density at radius 3 is 2.89 bits per heavy atom. The van der Waals surface area contributed by atoms with Gasteiger partial charge in [0.15, 0.2) is 0 Å². The van der Waals surface area contributed by atoms with Gasteiger partial charge in [-0.05, 0) is 6.42 Å². The van der Waals surface area contributed by atoms with Crippen LogP contribution in [0.4, 0.5) is 4.79 Å². The summed E-state index contributed by atoms with van der Waals surface area (Å²) in [5, 5.41) is -0.453. The van der Waals surface area contributed by atoms with Crippen molar-refractivity contribution in [1.29, 1.82) is 0 Å². The molecule has 0 heterocycles. The van der Waals surface area contributed by atoms with Gasteiger partial charge in [0.1, 0.15) is 0 Å². The molecule has 0 saturated heterocycles. The molecular formula is C5H11NO2S. The highest BCUT2D eigenvalue weighted by molar-refractivity contribution is 7.96. The molecule has 0 atom stereocenters. The van der Waals surface area contributed by atoms with Crippen molar-refractivity contribution in [1.82, 2.24) is 5.48 Å². The van der Waals surface area contributed by atoms with Gasteiger partial charge >= 0.3 is 0 Å². The fourth-order valence-electron chi connectivity index (χ4n) is 0.329. The molecule has 0 aliphatic rings. The Labute approximate surface area is 60.1 Å². The van der Waals surface area contributed by atoms with Gasteiger partial charge < -0.3 is 0 Å². The predicted molar refractivity (Wildman–Crippen MR) is 38.4 cm³/mol. The highest BCUT2D eigenvalue weighted by atomic mass is 32.1. The van der Waals surface area contributed by atoms with Crippen molar-refractivity contribution in [3.8, 4) is 0 Å². The zero-order valence-electron chi connectivity index (χ0n) is 5.39. The lowest BCUT2D eigenvalue weighted by Gasteiger charge is -1.99. The lowest BCUT2D eigenvalue weighted by molar-refractivity contribution is 0.0683. The second-order valence-corrected chi connectivity index (χ2v) is 2.02. The van der Waals surface area contributed by atoms with E-state index in [1.165, 1.54) is 0 Å². The molecule has 0 aliphatic carbocycles. The number of carbonyl (C=O) groups is 1. The molecule has 0 aromatic rings. The normalized spacial score (nSPS) is 9.11. The van der Waals surface area contributed by atoms with E-state index in [9.17, 15) is 4.79 Å². The number of carbonyl (C=O) groups excluding carboxylic acids is 1. The van der Waals surface area contributed by atoms with Crippen molar-refractivity contribution in [2.75, 3.05) is 6.61 Å². The molecule has 1 amide bonds. The molecule has 4 heteroatoms. The van der Waals surface area contributed by atoms with Gasteiger partial charge in [0.2, 0.25) is 0 Å². The molecule has 0 rings (SSSR count). The van der Waals surface area contributed by atoms with Crippen LogP contribution in [0.1, 0.15) is 19.8 Å². The largest absolute Gasteiger partial charge is 0.299 e. The maximum Gasteiger partial charge on any atom is 0.299 e. The van der Waals surface area contributed by atoms with Crippen LogP contribution in [0.2, 0.25) is 0 Å². The summed E-state index contributed by atoms with van der Waals surface area (Å²) in [4.78, 5) is 14.7. The molecule has 0 aromatic carbocycles. The minimum Gasteiger partial charge on any atom is -0.273 e. The summed E-state index contributed by atoms with van der Waals surface area (Å²) in [7, 11) is 0. The third-order valence-corrected chi connectivity index (χ3v) is 0.851. The van der Waals surface area contributed by atoms with Gasteiger partial charge in [-0.25, -0.2) is 5.48 Å². The summed E-state index contributed by atoms with van der Waals surface area (Å²) >= 11 is 3.43. The van der Waals surface area contributed by atoms with E-state index in [-0.39, 0.29) is 0 Å². The molecule has 0 saturated carbocycles. The molecule has 0 unspecified atom stereocenters. The zero-order valence-corrected chi connectivity index (χ0v) is 6.28. The molecular weight excluding hydrogens is 138 g/mol. The van der Waals surface area contributed by atoms with Crippen molar-refractivity contribution in [2.24, 2.45) is 0 Å². The van der Waals surface area contributed by atoms with E-state index < -0.39 is 5.24 Å². The van der Waals surface area contributed by atoms with Crippen LogP contribution in [0.5, 0.6) is 0 Å². The topological polar surface area (TPSA) is 38.3 Å². The van der Waals surface area contributed by atoms with Gasteiger partial charge in [-0.15, -0.1) is 0 Å². The molecule has 9 heavy (non-hydrogen) atoms. The van der Waals surface area contributed by atoms with Crippen LogP contribution in [0, 0.1) is 0 Å². The summed E-state index contributed by atoms with van der Waals surface area (Å²) in [5.41, 5.74) is 2.11. The average molecular weight is 149 g/mol. The first kappa shape index (κ1) is 8.78. The molecule has 0 aromatic heterocycles. The molecule has 0 spiro atoms. The molecule has 1 N–H and O–H groups in total. The van der Waals surface area contributed by atoms with Crippen molar-refractivity contribution in [2.45, 2.75) is 19.8 Å². The monoisotopic (exact) mass is 149 g/mol. The Hall–Kier alpha value is -0.220. The molecule has 3 nitrogen and oxygen atoms in total. The Morgan fingerprint density at radius 2 is 2.44 bits per heavy atom. The lowest BCUT2D eigenvalue weighted by Crippen LogP contribution is -2.17. The third kappa shape index (κ3) is 7.78. The van der Waals surface area contributed by atoms with E-state index in [4.69, 9.17) is 0 Å². The molecule has 0 aliphatic heterocycles. The number of rotatable bonds is 4. The highest BCUT2D eigenvalue weighted by Crippen LogP contribution is 1.85. The average Bonchev–Trinajstić information content (AvgIpc) is 1.80. The van der Waals surface area contributed by atoms with E-state index in [0.29, 0.717) is 6.61 Å². The maximum atomic E-state index is 10.0. The number of nitrogens with one attached hydrogen (secondary N) is 1. The van der Waals surface area contributed by atoms with Crippen LogP contribution < -0.4 is 5.48 Å². The van der Waals surface area contributed by atoms with Gasteiger partial charge in [-0.3, -0.25) is 9.63 Å². The SMILES string of the molecule is CCCCONC(=O)S. The van der Waals surface area contributed by atoms with Crippen molar-refractivity contribution in [3.63, 3.8) is 0 Å². The standard InChI is InChI=1S/C5H11NO2S/c1-2-3-4-8-6-5(7)9/h2-4H2,1H3,(H2,6,7,9). The van der Waals surface area contributed by atoms with Crippen molar-refractivity contribution in [3.05, 3.63) is 0 Å². The predicted octanol–water partition coefficient (Wildman–Crippen LogP) is 1.36. The van der Waals surface area contributed by atoms with Crippen molar-refractivity contribution < 1.29 is 9.63 Å². The summed E-state index contributed by atoms with van der Waals surface area (Å²) in [6, 6.07) is 0. The number of amides is 1. The summed E-state index contributed by atoms with van der Waals surface area (Å²) < 4.78 is 0. The van der Waals surface area contributed by atoms with Gasteiger partial charge in [0.25, 0.3) is 5.24 Å². The second-order valence-electron chi connectivity index (χ2n) is 1.61. The fraction of sp³-hybridized carbons (Fsp3) is 0.800. The summed E-state index contributed by atoms with van der Waals surface area (Å²) in [5.74, 6) is 0. The minimum absolute atomic E-state index is 0.453. The van der Waals surface area contributed by atoms with Gasteiger partial charge in [-0.1, -0.05) is 26.0 Å². The first-order chi connectivity index (χ1) is 4.27. The van der Waals surface area contributed by atoms with E-state index in [1.807, 2.05) is 6.92 Å². The van der Waals surface area contributed by atoms with E-state index in [2.05, 4.69) is 22.9 Å². The van der Waals surface area contributed by atoms with Crippen LogP contribution >= 0.6 is 12.6 Å². The highest BCUT2D eigenvalue weighted by Gasteiger charge is 1.88. The fourth-order valence-corrected chi connectivity index (χ4v) is 0.394. The Morgan fingerprint density at radius 1 is 1.78 bits per heavy atom. The molecule has 0 radical (unpaired) electrons. The first-order valence-corrected chi connectivity index (χ1v) is 3.32. The lowest BCUT2D eigenvalue weighted by atomic mass is 10.4. The number of thiol groups is 1. The van der Waals surface area contributed by atoms with Gasteiger partial charge in [0, 0.05) is 0 Å². The van der Waals surface area contributed by atoms with Crippen LogP contribution in [-0.2, 0) is 4.84 Å². The molecule has 0 fully saturated rings. The van der Waals surface area contributed by atoms with Gasteiger partial charge in [-0.2, -0.15) is 0 Å². The van der Waals surface area contributed by atoms with Crippen molar-refractivity contribution >= 4 is 17.9 Å². The van der Waals surface area contributed by atoms with Crippen LogP contribution in [-0.4, -0.2) is 11.8 Å². The third-order valence-electron chi connectivity index (χ3n) is 0.759. The smallest absolute Gasteiger partial charge is 0.273 e. The van der Waals surface area contributed by atoms with Crippen LogP contribution in [0.3, 0.4) is 0 Å². The van der Waals surface area contributed by atoms with Crippen LogP contribution in [0.25, 0.3) is 0 Å². The second kappa shape index (κ2) is 5.91. The van der Waals surface area contributed by atoms with E-state index in [0.717, 1.165) is 12.8 Å². The number of unbranched alkanes of at least 4 members (excludes halogenated alkanes) is 1. The quantitative estimate of drug-likeness (QED) is 0.360. The summed E-state index contributed by atoms with van der Waals surface area (Å²) in [6.07, 6.45) is 2.01. The first-order valence-electron chi connectivity index (χ1n) is 2.88. The Balaban J connectivity index is 2.83. The number of hydrogen-bond donors (Lipinski definition) is 2. The molecule has 54 valence electrons. The Kier molecular flexibility index (Phi) is 5.76.